The molecule has 2 heterocycles. The minimum atomic E-state index is -0.140. The summed E-state index contributed by atoms with van der Waals surface area (Å²) >= 11 is 0. The highest BCUT2D eigenvalue weighted by Crippen LogP contribution is 2.37. The van der Waals surface area contributed by atoms with Crippen molar-refractivity contribution in [3.8, 4) is 0 Å². The molecule has 26 heavy (non-hydrogen) atoms. The van der Waals surface area contributed by atoms with E-state index in [9.17, 15) is 0 Å². The quantitative estimate of drug-likeness (QED) is 0.915. The zero-order valence-electron chi connectivity index (χ0n) is 15.7. The average molecular weight is 351 g/mol. The number of nitrogens with zero attached hydrogens (tertiary/aromatic N) is 2. The Hall–Kier alpha value is -2.04. The molecule has 2 saturated heterocycles. The molecule has 0 aromatic heterocycles. The second kappa shape index (κ2) is 7.68. The van der Waals surface area contributed by atoms with Crippen molar-refractivity contribution in [1.82, 2.24) is 5.32 Å². The molecule has 2 aliphatic rings. The number of rotatable bonds is 4. The number of piperazine rings is 1. The number of methoxy groups -OCH3 is 1. The van der Waals surface area contributed by atoms with E-state index < -0.39 is 0 Å². The molecule has 0 amide bonds. The Morgan fingerprint density at radius 3 is 1.85 bits per heavy atom. The Kier molecular flexibility index (Phi) is 5.14. The van der Waals surface area contributed by atoms with E-state index in [-0.39, 0.29) is 5.60 Å². The van der Waals surface area contributed by atoms with Gasteiger partial charge < -0.3 is 19.9 Å². The summed E-state index contributed by atoms with van der Waals surface area (Å²) in [5, 5.41) is 3.41. The Labute approximate surface area is 156 Å². The number of piperidine rings is 1. The lowest BCUT2D eigenvalue weighted by Gasteiger charge is -2.42. The molecular formula is C22H29N3O. The first-order valence-corrected chi connectivity index (χ1v) is 9.72. The Balaban J connectivity index is 1.43. The van der Waals surface area contributed by atoms with E-state index in [4.69, 9.17) is 4.74 Å². The largest absolute Gasteiger partial charge is 0.373 e. The van der Waals surface area contributed by atoms with E-state index in [1.807, 2.05) is 7.11 Å². The molecule has 0 radical (unpaired) electrons. The van der Waals surface area contributed by atoms with E-state index in [1.54, 1.807) is 0 Å². The molecule has 2 aliphatic heterocycles. The van der Waals surface area contributed by atoms with Gasteiger partial charge in [-0.05, 0) is 42.7 Å². The predicted octanol–water partition coefficient (Wildman–Crippen LogP) is 3.24. The normalized spacial score (nSPS) is 20.2. The van der Waals surface area contributed by atoms with Crippen molar-refractivity contribution < 1.29 is 4.74 Å². The number of hydrogen-bond donors (Lipinski definition) is 1. The van der Waals surface area contributed by atoms with Crippen molar-refractivity contribution in [2.75, 3.05) is 56.2 Å². The fourth-order valence-corrected chi connectivity index (χ4v) is 4.28. The van der Waals surface area contributed by atoms with E-state index >= 15 is 0 Å². The molecule has 0 saturated carbocycles. The van der Waals surface area contributed by atoms with Crippen molar-refractivity contribution in [2.24, 2.45) is 0 Å². The standard InChI is InChI=1S/C22H29N3O/c1-26-22(19-5-3-2-4-6-19)11-15-24(16-12-22)20-7-9-21(10-8-20)25-17-13-23-14-18-25/h2-10,23H,11-18H2,1H3. The van der Waals surface area contributed by atoms with Gasteiger partial charge in [0.2, 0.25) is 0 Å². The third kappa shape index (κ3) is 3.44. The lowest BCUT2D eigenvalue weighted by Crippen LogP contribution is -2.44. The van der Waals surface area contributed by atoms with E-state index in [0.29, 0.717) is 0 Å². The van der Waals surface area contributed by atoms with Crippen molar-refractivity contribution in [3.05, 3.63) is 60.2 Å². The summed E-state index contributed by atoms with van der Waals surface area (Å²) < 4.78 is 6.01. The van der Waals surface area contributed by atoms with Gasteiger partial charge >= 0.3 is 0 Å². The summed E-state index contributed by atoms with van der Waals surface area (Å²) in [6, 6.07) is 19.8. The lowest BCUT2D eigenvalue weighted by molar-refractivity contribution is -0.0346. The van der Waals surface area contributed by atoms with Crippen LogP contribution in [0.25, 0.3) is 0 Å². The van der Waals surface area contributed by atoms with Crippen LogP contribution in [0.5, 0.6) is 0 Å². The van der Waals surface area contributed by atoms with Crippen LogP contribution in [0.1, 0.15) is 18.4 Å². The van der Waals surface area contributed by atoms with Gasteiger partial charge in [0.05, 0.1) is 5.60 Å². The average Bonchev–Trinajstić information content (AvgIpc) is 2.75. The van der Waals surface area contributed by atoms with E-state index in [1.165, 1.54) is 16.9 Å². The zero-order valence-corrected chi connectivity index (χ0v) is 15.7. The number of nitrogens with one attached hydrogen (secondary N) is 1. The monoisotopic (exact) mass is 351 g/mol. The van der Waals surface area contributed by atoms with Crippen molar-refractivity contribution in [2.45, 2.75) is 18.4 Å². The molecule has 0 bridgehead atoms. The fraction of sp³-hybridized carbons (Fsp3) is 0.455. The Morgan fingerprint density at radius 2 is 1.31 bits per heavy atom. The van der Waals surface area contributed by atoms with Crippen molar-refractivity contribution in [3.63, 3.8) is 0 Å². The number of benzene rings is 2. The highest BCUT2D eigenvalue weighted by atomic mass is 16.5. The summed E-state index contributed by atoms with van der Waals surface area (Å²) in [7, 11) is 1.85. The van der Waals surface area contributed by atoms with Gasteiger partial charge in [-0.3, -0.25) is 0 Å². The molecule has 0 unspecified atom stereocenters. The number of hydrogen-bond acceptors (Lipinski definition) is 4. The van der Waals surface area contributed by atoms with Gasteiger partial charge in [0.15, 0.2) is 0 Å². The SMILES string of the molecule is COC1(c2ccccc2)CCN(c2ccc(N3CCNCC3)cc2)CC1. The number of ether oxygens (including phenoxy) is 1. The van der Waals surface area contributed by atoms with Gasteiger partial charge in [-0.1, -0.05) is 30.3 Å². The molecule has 4 rings (SSSR count). The van der Waals surface area contributed by atoms with Gasteiger partial charge in [0.1, 0.15) is 0 Å². The Bertz CT molecular complexity index is 687. The molecular weight excluding hydrogens is 322 g/mol. The molecule has 2 aromatic rings. The minimum absolute atomic E-state index is 0.140. The van der Waals surface area contributed by atoms with Crippen LogP contribution in [0.4, 0.5) is 11.4 Å². The molecule has 2 aromatic carbocycles. The van der Waals surface area contributed by atoms with Crippen LogP contribution in [0.3, 0.4) is 0 Å². The second-order valence-corrected chi connectivity index (χ2v) is 7.30. The highest BCUT2D eigenvalue weighted by molar-refractivity contribution is 5.57. The zero-order chi connectivity index (χ0) is 17.8. The van der Waals surface area contributed by atoms with Crippen LogP contribution in [0, 0.1) is 0 Å². The van der Waals surface area contributed by atoms with Crippen LogP contribution >= 0.6 is 0 Å². The molecule has 0 aliphatic carbocycles. The number of anilines is 2. The van der Waals surface area contributed by atoms with Gasteiger partial charge in [-0.15, -0.1) is 0 Å². The predicted molar refractivity (Wildman–Crippen MR) is 108 cm³/mol. The molecule has 0 spiro atoms. The lowest BCUT2D eigenvalue weighted by atomic mass is 9.84. The summed E-state index contributed by atoms with van der Waals surface area (Å²) in [6.07, 6.45) is 2.04. The third-order valence-electron chi connectivity index (χ3n) is 5.96. The molecule has 1 N–H and O–H groups in total. The molecule has 4 heteroatoms. The van der Waals surface area contributed by atoms with Crippen LogP contribution in [0.2, 0.25) is 0 Å². The first kappa shape index (κ1) is 17.4. The van der Waals surface area contributed by atoms with Crippen molar-refractivity contribution in [1.29, 1.82) is 0 Å². The van der Waals surface area contributed by atoms with Crippen LogP contribution in [0.15, 0.2) is 54.6 Å². The first-order chi connectivity index (χ1) is 12.8. The topological polar surface area (TPSA) is 27.7 Å². The minimum Gasteiger partial charge on any atom is -0.373 e. The maximum Gasteiger partial charge on any atom is 0.0961 e. The maximum atomic E-state index is 6.01. The summed E-state index contributed by atoms with van der Waals surface area (Å²) in [5.74, 6) is 0. The van der Waals surface area contributed by atoms with Gasteiger partial charge in [0, 0.05) is 57.8 Å². The van der Waals surface area contributed by atoms with Crippen LogP contribution in [-0.2, 0) is 10.3 Å². The van der Waals surface area contributed by atoms with Gasteiger partial charge in [-0.2, -0.15) is 0 Å². The summed E-state index contributed by atoms with van der Waals surface area (Å²) in [4.78, 5) is 4.95. The van der Waals surface area contributed by atoms with Gasteiger partial charge in [-0.25, -0.2) is 0 Å². The summed E-state index contributed by atoms with van der Waals surface area (Å²) in [6.45, 7) is 6.39. The molecule has 0 atom stereocenters. The molecule has 2 fully saturated rings. The first-order valence-electron chi connectivity index (χ1n) is 9.72. The van der Waals surface area contributed by atoms with Crippen LogP contribution in [-0.4, -0.2) is 46.4 Å². The van der Waals surface area contributed by atoms with E-state index in [2.05, 4.69) is 69.7 Å². The smallest absolute Gasteiger partial charge is 0.0961 e. The molecule has 138 valence electrons. The Morgan fingerprint density at radius 1 is 0.769 bits per heavy atom. The second-order valence-electron chi connectivity index (χ2n) is 7.30. The third-order valence-corrected chi connectivity index (χ3v) is 5.96. The highest BCUT2D eigenvalue weighted by Gasteiger charge is 2.36. The maximum absolute atomic E-state index is 6.01. The van der Waals surface area contributed by atoms with Gasteiger partial charge in [0.25, 0.3) is 0 Å². The van der Waals surface area contributed by atoms with Crippen LogP contribution < -0.4 is 15.1 Å². The molecule has 4 nitrogen and oxygen atoms in total. The van der Waals surface area contributed by atoms with E-state index in [0.717, 1.165) is 52.1 Å². The summed E-state index contributed by atoms with van der Waals surface area (Å²) in [5.41, 5.74) is 3.82. The van der Waals surface area contributed by atoms with Crippen molar-refractivity contribution >= 4 is 11.4 Å². The fourth-order valence-electron chi connectivity index (χ4n) is 4.28.